The normalized spacial score (nSPS) is 11.4. The van der Waals surface area contributed by atoms with Crippen molar-refractivity contribution in [2.45, 2.75) is 13.1 Å². The minimum atomic E-state index is -4.41. The van der Waals surface area contributed by atoms with Gasteiger partial charge in [-0.2, -0.15) is 13.2 Å². The number of amidine groups is 1. The highest BCUT2D eigenvalue weighted by Gasteiger charge is 2.31. The van der Waals surface area contributed by atoms with Gasteiger partial charge in [0, 0.05) is 17.8 Å². The maximum atomic E-state index is 12.5. The first-order chi connectivity index (χ1) is 8.73. The Hall–Kier alpha value is -1.83. The van der Waals surface area contributed by atoms with Crippen molar-refractivity contribution in [3.8, 4) is 0 Å². The van der Waals surface area contributed by atoms with Crippen molar-refractivity contribution in [3.63, 3.8) is 0 Å². The Kier molecular flexibility index (Phi) is 4.71. The molecule has 4 N–H and O–H groups in total. The second-order valence-corrected chi connectivity index (χ2v) is 4.03. The topological polar surface area (TPSA) is 86.2 Å². The van der Waals surface area contributed by atoms with Crippen molar-refractivity contribution in [1.82, 2.24) is 4.98 Å². The van der Waals surface area contributed by atoms with Gasteiger partial charge >= 0.3 is 6.18 Å². The number of aliphatic hydroxyl groups excluding tert-OH is 1. The largest absolute Gasteiger partial charge is 0.405 e. The molecule has 0 spiro atoms. The Morgan fingerprint density at radius 2 is 2.11 bits per heavy atom. The Morgan fingerprint density at radius 3 is 2.58 bits per heavy atom. The van der Waals surface area contributed by atoms with Crippen LogP contribution in [0.25, 0.3) is 0 Å². The van der Waals surface area contributed by atoms with Gasteiger partial charge in [0.15, 0.2) is 0 Å². The lowest BCUT2D eigenvalue weighted by Gasteiger charge is -2.24. The molecule has 1 rings (SSSR count). The molecule has 19 heavy (non-hydrogen) atoms. The molecule has 0 radical (unpaired) electrons. The van der Waals surface area contributed by atoms with Crippen molar-refractivity contribution >= 4 is 11.7 Å². The number of aryl methyl sites for hydroxylation is 1. The van der Waals surface area contributed by atoms with Gasteiger partial charge in [0.1, 0.15) is 18.2 Å². The lowest BCUT2D eigenvalue weighted by molar-refractivity contribution is -0.120. The molecule has 8 heteroatoms. The number of aliphatic hydroxyl groups is 1. The molecule has 0 atom stereocenters. The van der Waals surface area contributed by atoms with Gasteiger partial charge in [0.2, 0.25) is 0 Å². The second-order valence-electron chi connectivity index (χ2n) is 4.03. The molecule has 106 valence electrons. The second kappa shape index (κ2) is 5.87. The monoisotopic (exact) mass is 276 g/mol. The van der Waals surface area contributed by atoms with E-state index in [9.17, 15) is 13.2 Å². The number of nitrogen functional groups attached to an aromatic ring is 1. The molecule has 0 saturated heterocycles. The van der Waals surface area contributed by atoms with Gasteiger partial charge in [-0.1, -0.05) is 0 Å². The predicted octanol–water partition coefficient (Wildman–Crippen LogP) is 1.04. The summed E-state index contributed by atoms with van der Waals surface area (Å²) in [5.74, 6) is -0.209. The molecule has 0 bridgehead atoms. The smallest absolute Gasteiger partial charge is 0.395 e. The van der Waals surface area contributed by atoms with Crippen molar-refractivity contribution in [1.29, 1.82) is 5.41 Å². The lowest BCUT2D eigenvalue weighted by atomic mass is 10.2. The van der Waals surface area contributed by atoms with Crippen molar-refractivity contribution < 1.29 is 18.3 Å². The fraction of sp³-hybridized carbons (Fsp3) is 0.455. The van der Waals surface area contributed by atoms with E-state index in [4.69, 9.17) is 16.2 Å². The lowest BCUT2D eigenvalue weighted by Crippen LogP contribution is -2.37. The van der Waals surface area contributed by atoms with Gasteiger partial charge in [-0.25, -0.2) is 4.98 Å². The number of nitrogens with two attached hydrogens (primary N) is 1. The van der Waals surface area contributed by atoms with E-state index < -0.39 is 19.3 Å². The molecular weight excluding hydrogens is 261 g/mol. The van der Waals surface area contributed by atoms with Crippen LogP contribution in [0.3, 0.4) is 0 Å². The predicted molar refractivity (Wildman–Crippen MR) is 65.3 cm³/mol. The minimum absolute atomic E-state index is 0.0385. The van der Waals surface area contributed by atoms with Gasteiger partial charge in [-0.15, -0.1) is 0 Å². The van der Waals surface area contributed by atoms with Gasteiger partial charge in [0.05, 0.1) is 6.61 Å². The highest BCUT2D eigenvalue weighted by atomic mass is 19.4. The summed E-state index contributed by atoms with van der Waals surface area (Å²) in [6, 6.07) is 2.81. The van der Waals surface area contributed by atoms with Gasteiger partial charge in [0.25, 0.3) is 0 Å². The Balaban J connectivity index is 3.11. The van der Waals surface area contributed by atoms with E-state index in [2.05, 4.69) is 4.98 Å². The molecule has 0 aliphatic carbocycles. The Bertz CT molecular complexity index is 462. The molecular formula is C11H15F3N4O. The van der Waals surface area contributed by atoms with E-state index in [0.717, 1.165) is 4.90 Å². The average molecular weight is 276 g/mol. The quantitative estimate of drug-likeness (QED) is 0.554. The van der Waals surface area contributed by atoms with Crippen LogP contribution < -0.4 is 10.6 Å². The number of aromatic nitrogens is 1. The zero-order valence-corrected chi connectivity index (χ0v) is 10.3. The summed E-state index contributed by atoms with van der Waals surface area (Å²) in [5, 5.41) is 16.2. The number of nitrogens with zero attached hydrogens (tertiary/aromatic N) is 2. The van der Waals surface area contributed by atoms with E-state index in [1.165, 1.54) is 12.1 Å². The molecule has 0 unspecified atom stereocenters. The number of hydrogen-bond donors (Lipinski definition) is 3. The fourth-order valence-corrected chi connectivity index (χ4v) is 1.58. The Morgan fingerprint density at radius 1 is 1.47 bits per heavy atom. The highest BCUT2D eigenvalue weighted by molar-refractivity contribution is 5.95. The number of halogens is 3. The highest BCUT2D eigenvalue weighted by Crippen LogP contribution is 2.21. The number of alkyl halides is 3. The molecule has 1 aromatic heterocycles. The molecule has 5 nitrogen and oxygen atoms in total. The fourth-order valence-electron chi connectivity index (χ4n) is 1.58. The summed E-state index contributed by atoms with van der Waals surface area (Å²) >= 11 is 0. The van der Waals surface area contributed by atoms with Crippen LogP contribution in [-0.2, 0) is 0 Å². The molecule has 1 aromatic rings. The summed E-state index contributed by atoms with van der Waals surface area (Å²) in [7, 11) is 0. The number of hydrogen-bond acceptors (Lipinski definition) is 4. The summed E-state index contributed by atoms with van der Waals surface area (Å²) in [4.78, 5) is 4.88. The number of anilines is 1. The third-order valence-corrected chi connectivity index (χ3v) is 2.31. The van der Waals surface area contributed by atoms with Gasteiger partial charge < -0.3 is 15.7 Å². The summed E-state index contributed by atoms with van der Waals surface area (Å²) in [6.07, 6.45) is -4.41. The Labute approximate surface area is 108 Å². The van der Waals surface area contributed by atoms with Gasteiger partial charge in [-0.3, -0.25) is 5.41 Å². The molecule has 0 aliphatic rings. The van der Waals surface area contributed by atoms with Crippen LogP contribution >= 0.6 is 0 Å². The van der Waals surface area contributed by atoms with Crippen LogP contribution in [0.5, 0.6) is 0 Å². The summed E-state index contributed by atoms with van der Waals surface area (Å²) in [6.45, 7) is -0.254. The molecule has 0 aromatic carbocycles. The van der Waals surface area contributed by atoms with Crippen LogP contribution in [-0.4, -0.2) is 41.8 Å². The third kappa shape index (κ3) is 4.74. The number of rotatable bonds is 5. The van der Waals surface area contributed by atoms with E-state index in [1.54, 1.807) is 6.92 Å². The first-order valence-electron chi connectivity index (χ1n) is 5.48. The zero-order chi connectivity index (χ0) is 14.6. The van der Waals surface area contributed by atoms with Gasteiger partial charge in [-0.05, 0) is 19.1 Å². The molecule has 1 heterocycles. The first-order valence-corrected chi connectivity index (χ1v) is 5.48. The average Bonchev–Trinajstić information content (AvgIpc) is 2.25. The summed E-state index contributed by atoms with van der Waals surface area (Å²) in [5.41, 5.74) is 6.07. The number of pyridine rings is 1. The number of nitrogens with one attached hydrogen (secondary N) is 1. The van der Waals surface area contributed by atoms with Crippen molar-refractivity contribution in [2.24, 2.45) is 5.73 Å². The summed E-state index contributed by atoms with van der Waals surface area (Å²) < 4.78 is 37.4. The molecule has 0 aliphatic heterocycles. The van der Waals surface area contributed by atoms with Crippen LogP contribution in [0.2, 0.25) is 0 Å². The molecule has 0 saturated carbocycles. The molecule has 0 fully saturated rings. The van der Waals surface area contributed by atoms with Crippen LogP contribution in [0.15, 0.2) is 12.1 Å². The van der Waals surface area contributed by atoms with Crippen molar-refractivity contribution in [3.05, 3.63) is 23.4 Å². The van der Waals surface area contributed by atoms with Crippen molar-refractivity contribution in [2.75, 3.05) is 24.6 Å². The zero-order valence-electron chi connectivity index (χ0n) is 10.3. The first kappa shape index (κ1) is 15.2. The van der Waals surface area contributed by atoms with E-state index in [1.807, 2.05) is 0 Å². The van der Waals surface area contributed by atoms with E-state index in [0.29, 0.717) is 11.3 Å². The van der Waals surface area contributed by atoms with E-state index in [-0.39, 0.29) is 18.2 Å². The maximum Gasteiger partial charge on any atom is 0.405 e. The van der Waals surface area contributed by atoms with Crippen LogP contribution in [0.1, 0.15) is 11.3 Å². The van der Waals surface area contributed by atoms with Crippen LogP contribution in [0, 0.1) is 12.3 Å². The molecule has 0 amide bonds. The maximum absolute atomic E-state index is 12.5. The standard InChI is InChI=1S/C11H15F3N4O/c1-7-4-8(10(15)16)5-9(17-7)18(2-3-19)6-11(12,13)14/h4-5,19H,2-3,6H2,1H3,(H3,15,16). The minimum Gasteiger partial charge on any atom is -0.395 e. The van der Waals surface area contributed by atoms with E-state index >= 15 is 0 Å². The third-order valence-electron chi connectivity index (χ3n) is 2.31. The van der Waals surface area contributed by atoms with Crippen LogP contribution in [0.4, 0.5) is 19.0 Å². The SMILES string of the molecule is Cc1cc(C(=N)N)cc(N(CCO)CC(F)(F)F)n1.